The number of H-pyrrole nitrogens is 1. The molecule has 17 nitrogen and oxygen atoms in total. The first-order chi connectivity index (χ1) is 22.0. The van der Waals surface area contributed by atoms with Crippen LogP contribution in [0.3, 0.4) is 0 Å². The zero-order valence-corrected chi connectivity index (χ0v) is 26.6. The van der Waals surface area contributed by atoms with E-state index in [0.717, 1.165) is 6.07 Å². The van der Waals surface area contributed by atoms with Crippen LogP contribution in [0.4, 0.5) is 0 Å². The van der Waals surface area contributed by atoms with E-state index in [9.17, 15) is 47.4 Å². The quantitative estimate of drug-likeness (QED) is 0.0486. The fraction of sp³-hybridized carbons (Fsp3) is 0.250. The average Bonchev–Trinajstić information content (AvgIpc) is 3.50. The van der Waals surface area contributed by atoms with Crippen molar-refractivity contribution in [1.82, 2.24) is 25.1 Å². The molecule has 0 fully saturated rings. The summed E-state index contributed by atoms with van der Waals surface area (Å²) in [6.07, 6.45) is 0. The molecule has 0 atom stereocenters. The van der Waals surface area contributed by atoms with Gasteiger partial charge < -0.3 is 41.8 Å². The molecule has 4 rings (SSSR count). The number of hydrogen-bond donors (Lipinski definition) is 11. The van der Waals surface area contributed by atoms with Crippen LogP contribution in [0.15, 0.2) is 64.4 Å². The van der Waals surface area contributed by atoms with E-state index >= 15 is 0 Å². The molecule has 4 aromatic rings. The summed E-state index contributed by atoms with van der Waals surface area (Å²) in [5, 5.41) is 58.8. The largest absolute Gasteiger partial charge is 0.394 e. The van der Waals surface area contributed by atoms with Crippen molar-refractivity contribution in [2.24, 2.45) is 5.73 Å². The molecular formula is C28H33N7O10S2. The molecule has 0 spiro atoms. The number of amides is 1. The van der Waals surface area contributed by atoms with Gasteiger partial charge in [-0.05, 0) is 55.8 Å². The Bertz CT molecular complexity index is 2070. The predicted octanol–water partition coefficient (Wildman–Crippen LogP) is -0.375. The highest BCUT2D eigenvalue weighted by Crippen LogP contribution is 2.42. The number of aliphatic hydroxyl groups excluding tert-OH is 3. The molecule has 0 bridgehead atoms. The van der Waals surface area contributed by atoms with Crippen LogP contribution in [0, 0.1) is 5.41 Å². The Kier molecular flexibility index (Phi) is 9.88. The van der Waals surface area contributed by atoms with Crippen LogP contribution in [0.1, 0.15) is 25.0 Å². The number of benzene rings is 3. The second kappa shape index (κ2) is 13.1. The number of rotatable bonds is 13. The maximum atomic E-state index is 13.7. The van der Waals surface area contributed by atoms with Crippen molar-refractivity contribution in [3.63, 3.8) is 0 Å². The molecule has 0 saturated carbocycles. The van der Waals surface area contributed by atoms with E-state index in [-0.39, 0.29) is 39.4 Å². The van der Waals surface area contributed by atoms with Crippen LogP contribution in [0.5, 0.6) is 0 Å². The van der Waals surface area contributed by atoms with E-state index in [0.29, 0.717) is 11.1 Å². The number of nitrogens with one attached hydrogen (secondary N) is 5. The first-order valence-corrected chi connectivity index (χ1v) is 16.6. The summed E-state index contributed by atoms with van der Waals surface area (Å²) in [5.74, 6) is -1.22. The van der Waals surface area contributed by atoms with E-state index < -0.39 is 66.5 Å². The number of fused-ring (bicyclic) bond motifs is 1. The fourth-order valence-corrected chi connectivity index (χ4v) is 6.59. The lowest BCUT2D eigenvalue weighted by Crippen LogP contribution is -2.60. The van der Waals surface area contributed by atoms with Gasteiger partial charge in [0.1, 0.15) is 22.1 Å². The van der Waals surface area contributed by atoms with Gasteiger partial charge in [0.2, 0.25) is 5.91 Å². The zero-order valence-electron chi connectivity index (χ0n) is 24.9. The van der Waals surface area contributed by atoms with Gasteiger partial charge >= 0.3 is 0 Å². The van der Waals surface area contributed by atoms with Gasteiger partial charge in [-0.1, -0.05) is 28.0 Å². The normalized spacial score (nSPS) is 12.7. The maximum absolute atomic E-state index is 13.7. The van der Waals surface area contributed by atoms with Crippen LogP contribution in [0.2, 0.25) is 0 Å². The highest BCUT2D eigenvalue weighted by Gasteiger charge is 2.39. The van der Waals surface area contributed by atoms with Crippen molar-refractivity contribution >= 4 is 42.8 Å². The van der Waals surface area contributed by atoms with Crippen molar-refractivity contribution in [2.45, 2.75) is 34.6 Å². The molecule has 12 N–H and O–H groups in total. The van der Waals surface area contributed by atoms with Crippen LogP contribution in [-0.2, 0) is 30.3 Å². The number of aliphatic hydroxyl groups is 3. The predicted molar refractivity (Wildman–Crippen MR) is 167 cm³/mol. The van der Waals surface area contributed by atoms with Crippen LogP contribution in [0.25, 0.3) is 33.5 Å². The van der Waals surface area contributed by atoms with Gasteiger partial charge in [-0.25, -0.2) is 21.8 Å². The molecule has 1 aromatic heterocycles. The molecule has 47 heavy (non-hydrogen) atoms. The van der Waals surface area contributed by atoms with E-state index in [1.54, 1.807) is 0 Å². The number of amidine groups is 1. The fourth-order valence-electron chi connectivity index (χ4n) is 4.77. The van der Waals surface area contributed by atoms with E-state index in [1.807, 2.05) is 0 Å². The molecule has 1 heterocycles. The molecule has 3 aromatic carbocycles. The SMILES string of the molecule is CC(C)(C(=O)NC(CO)(CO)CO)c1cc(-c2nc3cc(C(=N)N)ccc3[nH]2)c(S(=O)(=O)NO)c(-c2ccccc2S(=O)(=O)NO)c1. The molecule has 252 valence electrons. The Morgan fingerprint density at radius 1 is 0.894 bits per heavy atom. The molecular weight excluding hydrogens is 658 g/mol. The topological polar surface area (TPSA) is 301 Å². The minimum atomic E-state index is -4.89. The van der Waals surface area contributed by atoms with E-state index in [2.05, 4.69) is 15.3 Å². The first-order valence-electron chi connectivity index (χ1n) is 13.6. The van der Waals surface area contributed by atoms with Gasteiger partial charge in [0.05, 0.1) is 41.2 Å². The Hall–Kier alpha value is -4.31. The highest BCUT2D eigenvalue weighted by molar-refractivity contribution is 7.90. The second-order valence-corrected chi connectivity index (χ2v) is 14.4. The molecule has 19 heteroatoms. The number of nitrogen functional groups attached to an aromatic ring is 1. The number of nitrogens with two attached hydrogens (primary N) is 1. The monoisotopic (exact) mass is 691 g/mol. The molecule has 0 radical (unpaired) electrons. The van der Waals surface area contributed by atoms with Gasteiger partial charge in [-0.3, -0.25) is 10.2 Å². The van der Waals surface area contributed by atoms with Crippen molar-refractivity contribution in [3.8, 4) is 22.5 Å². The number of hydrogen-bond acceptors (Lipinski definition) is 12. The number of nitrogens with zero attached hydrogens (tertiary/aromatic N) is 1. The third kappa shape index (κ3) is 6.61. The highest BCUT2D eigenvalue weighted by atomic mass is 32.2. The molecule has 1 amide bonds. The number of carbonyl (C=O) groups is 1. The smallest absolute Gasteiger partial charge is 0.263 e. The lowest BCUT2D eigenvalue weighted by Gasteiger charge is -2.34. The van der Waals surface area contributed by atoms with Gasteiger partial charge in [-0.2, -0.15) is 0 Å². The number of carbonyl (C=O) groups excluding carboxylic acids is 1. The lowest BCUT2D eigenvalue weighted by atomic mass is 9.80. The summed E-state index contributed by atoms with van der Waals surface area (Å²) in [7, 11) is -9.54. The van der Waals surface area contributed by atoms with E-state index in [1.165, 1.54) is 72.1 Å². The summed E-state index contributed by atoms with van der Waals surface area (Å²) < 4.78 is 52.9. The Labute approximate surface area is 268 Å². The molecule has 0 aliphatic heterocycles. The third-order valence-corrected chi connectivity index (χ3v) is 10.1. The van der Waals surface area contributed by atoms with Gasteiger partial charge in [0.15, 0.2) is 0 Å². The number of aromatic nitrogens is 2. The molecule has 0 unspecified atom stereocenters. The molecule has 0 saturated heterocycles. The van der Waals surface area contributed by atoms with Crippen molar-refractivity contribution < 1.29 is 47.4 Å². The first kappa shape index (κ1) is 35.5. The minimum absolute atomic E-state index is 0.0497. The van der Waals surface area contributed by atoms with E-state index in [4.69, 9.17) is 11.1 Å². The number of aromatic amines is 1. The summed E-state index contributed by atoms with van der Waals surface area (Å²) in [6, 6.07) is 12.0. The van der Waals surface area contributed by atoms with Gasteiger partial charge in [0.25, 0.3) is 20.0 Å². The molecule has 0 aliphatic rings. The summed E-state index contributed by atoms with van der Waals surface area (Å²) in [4.78, 5) is 22.3. The Morgan fingerprint density at radius 3 is 2.06 bits per heavy atom. The van der Waals surface area contributed by atoms with Crippen molar-refractivity contribution in [1.29, 1.82) is 5.41 Å². The molecule has 0 aliphatic carbocycles. The van der Waals surface area contributed by atoms with Gasteiger partial charge in [0, 0.05) is 22.3 Å². The second-order valence-electron chi connectivity index (χ2n) is 11.2. The summed E-state index contributed by atoms with van der Waals surface area (Å²) in [5.41, 5.74) is 2.25. The van der Waals surface area contributed by atoms with Crippen LogP contribution < -0.4 is 20.8 Å². The standard InChI is InChI=1S/C28H33N7O10S2/c1-27(2,26(39)33-28(12-36,13-37)14-38)16-10-18(17-5-3-4-6-22(17)46(42,43)34-40)23(47(44,45)35-41)19(11-16)25-31-20-8-7-15(24(29)30)9-21(20)32-25/h3-11,34-38,40-41H,12-14H2,1-2H3,(H3,29,30)(H,31,32)(H,33,39). The zero-order chi connectivity index (χ0) is 34.9. The summed E-state index contributed by atoms with van der Waals surface area (Å²) >= 11 is 0. The van der Waals surface area contributed by atoms with Crippen molar-refractivity contribution in [2.75, 3.05) is 19.8 Å². The number of sulfonamides is 2. The Balaban J connectivity index is 2.16. The van der Waals surface area contributed by atoms with Crippen LogP contribution >= 0.6 is 0 Å². The maximum Gasteiger partial charge on any atom is 0.263 e. The average molecular weight is 692 g/mol. The lowest BCUT2D eigenvalue weighted by molar-refractivity contribution is -0.130. The summed E-state index contributed by atoms with van der Waals surface area (Å²) in [6.45, 7) is 0.321. The van der Waals surface area contributed by atoms with Crippen molar-refractivity contribution in [3.05, 3.63) is 65.7 Å². The Morgan fingerprint density at radius 2 is 1.49 bits per heavy atom. The number of imidazole rings is 1. The van der Waals surface area contributed by atoms with Crippen LogP contribution in [-0.4, -0.2) is 89.6 Å². The third-order valence-electron chi connectivity index (χ3n) is 7.69. The minimum Gasteiger partial charge on any atom is -0.394 e. The van der Waals surface area contributed by atoms with Gasteiger partial charge in [-0.15, -0.1) is 0 Å².